The zero-order chi connectivity index (χ0) is 14.3. The molecule has 0 aliphatic heterocycles. The molecule has 102 valence electrons. The molecule has 3 nitrogen and oxygen atoms in total. The Bertz CT molecular complexity index is 798. The van der Waals surface area contributed by atoms with Crippen molar-refractivity contribution in [3.05, 3.63) is 40.8 Å². The maximum atomic E-state index is 13.8. The van der Waals surface area contributed by atoms with Crippen LogP contribution in [0.1, 0.15) is 11.8 Å². The maximum Gasteiger partial charge on any atom is 0.166 e. The first-order valence-electron chi connectivity index (χ1n) is 6.10. The highest BCUT2D eigenvalue weighted by Gasteiger charge is 2.14. The van der Waals surface area contributed by atoms with Gasteiger partial charge in [-0.2, -0.15) is 0 Å². The zero-order valence-electron chi connectivity index (χ0n) is 10.7. The average Bonchev–Trinajstić information content (AvgIpc) is 2.85. The molecule has 2 heterocycles. The predicted octanol–water partition coefficient (Wildman–Crippen LogP) is 3.78. The average molecular weight is 291 g/mol. The third-order valence-electron chi connectivity index (χ3n) is 2.99. The number of benzene rings is 1. The normalized spacial score (nSPS) is 11.2. The number of halogens is 2. The van der Waals surface area contributed by atoms with Crippen LogP contribution in [0.5, 0.6) is 0 Å². The van der Waals surface area contributed by atoms with Crippen molar-refractivity contribution in [1.29, 1.82) is 0 Å². The Labute approximate surface area is 118 Å². The van der Waals surface area contributed by atoms with E-state index in [1.54, 1.807) is 0 Å². The van der Waals surface area contributed by atoms with Crippen LogP contribution in [-0.2, 0) is 6.42 Å². The minimum absolute atomic E-state index is 0.0186. The standard InChI is InChI=1S/C14H11F2N3S/c1-2-8-6-10-12(17)18-13(19-14(10)20-8)9-5-7(15)3-4-11(9)16/h3-6H,2H2,1H3,(H2,17,18,19). The lowest BCUT2D eigenvalue weighted by molar-refractivity contribution is 0.602. The summed E-state index contributed by atoms with van der Waals surface area (Å²) in [5, 5.41) is 0.757. The second-order valence-corrected chi connectivity index (χ2v) is 5.46. The fraction of sp³-hybridized carbons (Fsp3) is 0.143. The van der Waals surface area contributed by atoms with Gasteiger partial charge < -0.3 is 5.73 Å². The van der Waals surface area contributed by atoms with Crippen LogP contribution in [-0.4, -0.2) is 9.97 Å². The van der Waals surface area contributed by atoms with Gasteiger partial charge in [-0.15, -0.1) is 11.3 Å². The van der Waals surface area contributed by atoms with Gasteiger partial charge in [-0.05, 0) is 30.7 Å². The van der Waals surface area contributed by atoms with E-state index in [2.05, 4.69) is 9.97 Å². The van der Waals surface area contributed by atoms with Crippen LogP contribution in [0.4, 0.5) is 14.6 Å². The summed E-state index contributed by atoms with van der Waals surface area (Å²) in [6, 6.07) is 5.12. The number of fused-ring (bicyclic) bond motifs is 1. The minimum Gasteiger partial charge on any atom is -0.383 e. The van der Waals surface area contributed by atoms with Crippen LogP contribution >= 0.6 is 11.3 Å². The van der Waals surface area contributed by atoms with E-state index in [1.807, 2.05) is 13.0 Å². The molecule has 0 saturated carbocycles. The summed E-state index contributed by atoms with van der Waals surface area (Å²) in [7, 11) is 0. The van der Waals surface area contributed by atoms with E-state index in [0.29, 0.717) is 4.83 Å². The highest BCUT2D eigenvalue weighted by Crippen LogP contribution is 2.31. The van der Waals surface area contributed by atoms with E-state index in [4.69, 9.17) is 5.73 Å². The van der Waals surface area contributed by atoms with Crippen LogP contribution in [0.15, 0.2) is 24.3 Å². The number of anilines is 1. The minimum atomic E-state index is -0.572. The second-order valence-electron chi connectivity index (χ2n) is 4.34. The zero-order valence-corrected chi connectivity index (χ0v) is 11.5. The molecule has 0 radical (unpaired) electrons. The first-order chi connectivity index (χ1) is 9.58. The highest BCUT2D eigenvalue weighted by atomic mass is 32.1. The predicted molar refractivity (Wildman–Crippen MR) is 76.6 cm³/mol. The van der Waals surface area contributed by atoms with Crippen molar-refractivity contribution in [2.24, 2.45) is 0 Å². The van der Waals surface area contributed by atoms with E-state index < -0.39 is 11.6 Å². The van der Waals surface area contributed by atoms with Gasteiger partial charge in [-0.1, -0.05) is 6.92 Å². The Balaban J connectivity index is 2.24. The Morgan fingerprint density at radius 1 is 1.20 bits per heavy atom. The Morgan fingerprint density at radius 2 is 2.00 bits per heavy atom. The molecule has 1 aromatic carbocycles. The Morgan fingerprint density at radius 3 is 2.75 bits per heavy atom. The Kier molecular flexibility index (Phi) is 3.10. The summed E-state index contributed by atoms with van der Waals surface area (Å²) < 4.78 is 27.0. The summed E-state index contributed by atoms with van der Waals surface area (Å²) in [5.41, 5.74) is 5.91. The number of aryl methyl sites for hydroxylation is 1. The fourth-order valence-electron chi connectivity index (χ4n) is 1.96. The van der Waals surface area contributed by atoms with E-state index in [-0.39, 0.29) is 17.2 Å². The fourth-order valence-corrected chi connectivity index (χ4v) is 2.93. The number of hydrogen-bond acceptors (Lipinski definition) is 4. The highest BCUT2D eigenvalue weighted by molar-refractivity contribution is 7.18. The van der Waals surface area contributed by atoms with Crippen LogP contribution < -0.4 is 5.73 Å². The second kappa shape index (κ2) is 4.79. The number of thiophene rings is 1. The molecule has 3 aromatic rings. The lowest BCUT2D eigenvalue weighted by Crippen LogP contribution is -1.98. The third-order valence-corrected chi connectivity index (χ3v) is 4.16. The lowest BCUT2D eigenvalue weighted by Gasteiger charge is -2.04. The quantitative estimate of drug-likeness (QED) is 0.781. The van der Waals surface area contributed by atoms with Gasteiger partial charge in [-0.25, -0.2) is 18.7 Å². The molecular weight excluding hydrogens is 280 g/mol. The molecule has 20 heavy (non-hydrogen) atoms. The Hall–Kier alpha value is -2.08. The lowest BCUT2D eigenvalue weighted by atomic mass is 10.2. The number of hydrogen-bond donors (Lipinski definition) is 1. The van der Waals surface area contributed by atoms with E-state index in [1.165, 1.54) is 11.3 Å². The van der Waals surface area contributed by atoms with Crippen molar-refractivity contribution in [2.75, 3.05) is 5.73 Å². The van der Waals surface area contributed by atoms with E-state index in [0.717, 1.165) is 34.9 Å². The van der Waals surface area contributed by atoms with Crippen molar-refractivity contribution in [2.45, 2.75) is 13.3 Å². The molecular formula is C14H11F2N3S. The molecule has 0 bridgehead atoms. The van der Waals surface area contributed by atoms with Gasteiger partial charge in [0.1, 0.15) is 22.3 Å². The van der Waals surface area contributed by atoms with Crippen LogP contribution in [0, 0.1) is 11.6 Å². The molecule has 0 fully saturated rings. The van der Waals surface area contributed by atoms with Crippen molar-refractivity contribution in [3.63, 3.8) is 0 Å². The number of nitrogen functional groups attached to an aromatic ring is 1. The number of nitrogens with two attached hydrogens (primary N) is 1. The van der Waals surface area contributed by atoms with Gasteiger partial charge in [0.25, 0.3) is 0 Å². The van der Waals surface area contributed by atoms with Crippen LogP contribution in [0.2, 0.25) is 0 Å². The summed E-state index contributed by atoms with van der Waals surface area (Å²) in [5.74, 6) is -0.720. The summed E-state index contributed by atoms with van der Waals surface area (Å²) in [6.07, 6.45) is 0.865. The maximum absolute atomic E-state index is 13.8. The monoisotopic (exact) mass is 291 g/mol. The molecule has 0 saturated heterocycles. The summed E-state index contributed by atoms with van der Waals surface area (Å²) in [6.45, 7) is 2.03. The number of nitrogens with zero attached hydrogens (tertiary/aromatic N) is 2. The van der Waals surface area contributed by atoms with Crippen molar-refractivity contribution in [3.8, 4) is 11.4 Å². The molecule has 0 spiro atoms. The van der Waals surface area contributed by atoms with E-state index in [9.17, 15) is 8.78 Å². The first kappa shape index (κ1) is 12.9. The van der Waals surface area contributed by atoms with Gasteiger partial charge in [0, 0.05) is 4.88 Å². The molecule has 0 atom stereocenters. The summed E-state index contributed by atoms with van der Waals surface area (Å²) >= 11 is 1.48. The van der Waals surface area contributed by atoms with E-state index >= 15 is 0 Å². The smallest absolute Gasteiger partial charge is 0.166 e. The molecule has 6 heteroatoms. The van der Waals surface area contributed by atoms with Crippen LogP contribution in [0.3, 0.4) is 0 Å². The molecule has 2 N–H and O–H groups in total. The van der Waals surface area contributed by atoms with Gasteiger partial charge >= 0.3 is 0 Å². The largest absolute Gasteiger partial charge is 0.383 e. The molecule has 3 rings (SSSR count). The molecule has 0 amide bonds. The third kappa shape index (κ3) is 2.12. The van der Waals surface area contributed by atoms with Gasteiger partial charge in [0.15, 0.2) is 5.82 Å². The van der Waals surface area contributed by atoms with Crippen molar-refractivity contribution < 1.29 is 8.78 Å². The molecule has 0 aliphatic carbocycles. The molecule has 2 aromatic heterocycles. The number of rotatable bonds is 2. The van der Waals surface area contributed by atoms with Gasteiger partial charge in [0.05, 0.1) is 10.9 Å². The van der Waals surface area contributed by atoms with Gasteiger partial charge in [0.2, 0.25) is 0 Å². The van der Waals surface area contributed by atoms with Gasteiger partial charge in [-0.3, -0.25) is 0 Å². The topological polar surface area (TPSA) is 51.8 Å². The first-order valence-corrected chi connectivity index (χ1v) is 6.91. The van der Waals surface area contributed by atoms with Crippen molar-refractivity contribution >= 4 is 27.4 Å². The SMILES string of the molecule is CCc1cc2c(N)nc(-c3cc(F)ccc3F)nc2s1. The van der Waals surface area contributed by atoms with Crippen LogP contribution in [0.25, 0.3) is 21.6 Å². The molecule has 0 unspecified atom stereocenters. The molecule has 0 aliphatic rings. The number of aromatic nitrogens is 2. The van der Waals surface area contributed by atoms with Crippen molar-refractivity contribution in [1.82, 2.24) is 9.97 Å². The summed E-state index contributed by atoms with van der Waals surface area (Å²) in [4.78, 5) is 10.2.